The normalized spacial score (nSPS) is 36.6. The van der Waals surface area contributed by atoms with Gasteiger partial charge in [0.15, 0.2) is 0 Å². The van der Waals surface area contributed by atoms with Gasteiger partial charge in [-0.25, -0.2) is 0 Å². The Morgan fingerprint density at radius 1 is 2.00 bits per heavy atom. The second-order valence-electron chi connectivity index (χ2n) is 2.60. The van der Waals surface area contributed by atoms with Crippen molar-refractivity contribution in [2.45, 2.75) is 25.3 Å². The first-order valence-electron chi connectivity index (χ1n) is 3.21. The predicted octanol–water partition coefficient (Wildman–Crippen LogP) is 0.955. The smallest absolute Gasteiger partial charge is 0.239 e. The van der Waals surface area contributed by atoms with Gasteiger partial charge in [-0.1, -0.05) is 6.92 Å². The third-order valence-corrected chi connectivity index (χ3v) is 2.18. The van der Waals surface area contributed by atoms with E-state index in [-0.39, 0.29) is 10.8 Å². The van der Waals surface area contributed by atoms with Crippen molar-refractivity contribution in [2.75, 3.05) is 0 Å². The van der Waals surface area contributed by atoms with E-state index in [1.807, 2.05) is 6.07 Å². The van der Waals surface area contributed by atoms with E-state index in [9.17, 15) is 10.1 Å². The lowest BCUT2D eigenvalue weighted by Gasteiger charge is -2.00. The fourth-order valence-corrected chi connectivity index (χ4v) is 1.18. The molecule has 2 unspecified atom stereocenters. The van der Waals surface area contributed by atoms with Gasteiger partial charge in [0, 0.05) is 17.8 Å². The second kappa shape index (κ2) is 1.94. The first-order chi connectivity index (χ1) is 4.67. The Kier molecular flexibility index (Phi) is 1.36. The molecule has 2 atom stereocenters. The molecule has 0 aromatic carbocycles. The molecule has 1 aliphatic carbocycles. The van der Waals surface area contributed by atoms with Crippen LogP contribution < -0.4 is 0 Å². The van der Waals surface area contributed by atoms with Gasteiger partial charge in [0.2, 0.25) is 5.54 Å². The highest BCUT2D eigenvalue weighted by Crippen LogP contribution is 2.48. The highest BCUT2D eigenvalue weighted by molar-refractivity contribution is 5.13. The summed E-state index contributed by atoms with van der Waals surface area (Å²) in [6.45, 7) is 1.75. The van der Waals surface area contributed by atoms with Gasteiger partial charge in [0.25, 0.3) is 0 Å². The van der Waals surface area contributed by atoms with Crippen LogP contribution in [0.4, 0.5) is 0 Å². The lowest BCUT2D eigenvalue weighted by molar-refractivity contribution is -0.541. The third kappa shape index (κ3) is 0.670. The van der Waals surface area contributed by atoms with Crippen LogP contribution in [0.1, 0.15) is 19.8 Å². The van der Waals surface area contributed by atoms with E-state index < -0.39 is 5.54 Å². The minimum Gasteiger partial charge on any atom is -0.264 e. The lowest BCUT2D eigenvalue weighted by Crippen LogP contribution is -2.22. The molecular formula is C6H8N2O2. The molecular weight excluding hydrogens is 132 g/mol. The van der Waals surface area contributed by atoms with Crippen LogP contribution in [0.25, 0.3) is 0 Å². The van der Waals surface area contributed by atoms with Crippen LogP contribution >= 0.6 is 0 Å². The second-order valence-corrected chi connectivity index (χ2v) is 2.60. The van der Waals surface area contributed by atoms with E-state index in [2.05, 4.69) is 0 Å². The molecule has 1 rings (SSSR count). The minimum atomic E-state index is -0.880. The van der Waals surface area contributed by atoms with E-state index in [4.69, 9.17) is 5.26 Å². The molecule has 4 nitrogen and oxygen atoms in total. The maximum absolute atomic E-state index is 10.3. The molecule has 0 aromatic heterocycles. The Balaban J connectivity index is 2.70. The molecule has 0 aromatic rings. The summed E-state index contributed by atoms with van der Waals surface area (Å²) in [5.41, 5.74) is -0.880. The van der Waals surface area contributed by atoms with Gasteiger partial charge in [0.05, 0.1) is 6.07 Å². The van der Waals surface area contributed by atoms with Crippen molar-refractivity contribution >= 4 is 0 Å². The number of nitro groups is 1. The number of hydrogen-bond donors (Lipinski definition) is 0. The summed E-state index contributed by atoms with van der Waals surface area (Å²) < 4.78 is 0. The number of nitriles is 1. The van der Waals surface area contributed by atoms with Gasteiger partial charge in [-0.15, -0.1) is 0 Å². The van der Waals surface area contributed by atoms with Crippen LogP contribution in [-0.4, -0.2) is 10.5 Å². The molecule has 1 saturated carbocycles. The molecule has 0 spiro atoms. The van der Waals surface area contributed by atoms with Gasteiger partial charge < -0.3 is 0 Å². The Morgan fingerprint density at radius 2 is 2.60 bits per heavy atom. The van der Waals surface area contributed by atoms with Crippen LogP contribution in [0.15, 0.2) is 0 Å². The van der Waals surface area contributed by atoms with E-state index in [0.29, 0.717) is 12.8 Å². The standard InChI is InChI=1S/C6H8N2O2/c1-2-6(8(9)10)3-5(6)4-7/h5H,2-3H2,1H3. The first kappa shape index (κ1) is 7.00. The van der Waals surface area contributed by atoms with Gasteiger partial charge in [-0.05, 0) is 0 Å². The van der Waals surface area contributed by atoms with E-state index in [1.54, 1.807) is 6.92 Å². The van der Waals surface area contributed by atoms with Crippen molar-refractivity contribution in [3.8, 4) is 6.07 Å². The van der Waals surface area contributed by atoms with Crippen LogP contribution in [0.5, 0.6) is 0 Å². The molecule has 10 heavy (non-hydrogen) atoms. The Bertz CT molecular complexity index is 208. The zero-order valence-electron chi connectivity index (χ0n) is 5.70. The molecule has 54 valence electrons. The highest BCUT2D eigenvalue weighted by Gasteiger charge is 2.65. The fourth-order valence-electron chi connectivity index (χ4n) is 1.18. The van der Waals surface area contributed by atoms with Gasteiger partial charge in [0.1, 0.15) is 5.92 Å². The summed E-state index contributed by atoms with van der Waals surface area (Å²) in [7, 11) is 0. The zero-order chi connectivity index (χ0) is 7.78. The van der Waals surface area contributed by atoms with Crippen LogP contribution in [0, 0.1) is 27.4 Å². The van der Waals surface area contributed by atoms with E-state index >= 15 is 0 Å². The highest BCUT2D eigenvalue weighted by atomic mass is 16.6. The minimum absolute atomic E-state index is 0.319. The van der Waals surface area contributed by atoms with Gasteiger partial charge in [-0.3, -0.25) is 10.1 Å². The SMILES string of the molecule is CCC1([N+](=O)[O-])CC1C#N. The molecule has 1 aliphatic rings. The molecule has 0 aliphatic heterocycles. The molecule has 0 radical (unpaired) electrons. The topological polar surface area (TPSA) is 66.9 Å². The van der Waals surface area contributed by atoms with E-state index in [0.717, 1.165) is 0 Å². The summed E-state index contributed by atoms with van der Waals surface area (Å²) in [5.74, 6) is -0.340. The van der Waals surface area contributed by atoms with Crippen LogP contribution in [0.2, 0.25) is 0 Å². The van der Waals surface area contributed by atoms with Crippen molar-refractivity contribution < 1.29 is 4.92 Å². The van der Waals surface area contributed by atoms with Crippen molar-refractivity contribution in [2.24, 2.45) is 5.92 Å². The van der Waals surface area contributed by atoms with Gasteiger partial charge in [-0.2, -0.15) is 5.26 Å². The molecule has 0 heterocycles. The molecule has 0 saturated heterocycles. The van der Waals surface area contributed by atoms with Crippen molar-refractivity contribution in [3.05, 3.63) is 10.1 Å². The van der Waals surface area contributed by atoms with Crippen LogP contribution in [-0.2, 0) is 0 Å². The number of rotatable bonds is 2. The maximum atomic E-state index is 10.3. The lowest BCUT2D eigenvalue weighted by atomic mass is 10.2. The van der Waals surface area contributed by atoms with Crippen LogP contribution in [0.3, 0.4) is 0 Å². The first-order valence-corrected chi connectivity index (χ1v) is 3.21. The largest absolute Gasteiger partial charge is 0.264 e. The maximum Gasteiger partial charge on any atom is 0.239 e. The average molecular weight is 140 g/mol. The number of nitrogens with zero attached hydrogens (tertiary/aromatic N) is 2. The van der Waals surface area contributed by atoms with E-state index in [1.165, 1.54) is 0 Å². The Morgan fingerprint density at radius 3 is 2.70 bits per heavy atom. The summed E-state index contributed by atoms with van der Waals surface area (Å²) in [4.78, 5) is 10.0. The Hall–Kier alpha value is -1.11. The monoisotopic (exact) mass is 140 g/mol. The molecule has 4 heteroatoms. The van der Waals surface area contributed by atoms with Crippen molar-refractivity contribution in [3.63, 3.8) is 0 Å². The third-order valence-electron chi connectivity index (χ3n) is 2.18. The van der Waals surface area contributed by atoms with Crippen molar-refractivity contribution in [1.82, 2.24) is 0 Å². The molecule has 1 fully saturated rings. The molecule has 0 amide bonds. The zero-order valence-corrected chi connectivity index (χ0v) is 5.70. The summed E-state index contributed by atoms with van der Waals surface area (Å²) >= 11 is 0. The average Bonchev–Trinajstić information content (AvgIpc) is 2.62. The van der Waals surface area contributed by atoms with Gasteiger partial charge >= 0.3 is 0 Å². The summed E-state index contributed by atoms with van der Waals surface area (Å²) in [6, 6.07) is 1.92. The molecule has 0 N–H and O–H groups in total. The summed E-state index contributed by atoms with van der Waals surface area (Å²) in [5, 5.41) is 18.7. The summed E-state index contributed by atoms with van der Waals surface area (Å²) in [6.07, 6.45) is 0.908. The number of hydrogen-bond acceptors (Lipinski definition) is 3. The fraction of sp³-hybridized carbons (Fsp3) is 0.833. The molecule has 0 bridgehead atoms. The van der Waals surface area contributed by atoms with Crippen molar-refractivity contribution in [1.29, 1.82) is 5.26 Å². The predicted molar refractivity (Wildman–Crippen MR) is 33.7 cm³/mol. The quantitative estimate of drug-likeness (QED) is 0.423. The Labute approximate surface area is 58.6 Å².